The van der Waals surface area contributed by atoms with Gasteiger partial charge in [-0.3, -0.25) is 4.79 Å². The van der Waals surface area contributed by atoms with Gasteiger partial charge in [0, 0.05) is 11.6 Å². The summed E-state index contributed by atoms with van der Waals surface area (Å²) < 4.78 is 28.1. The van der Waals surface area contributed by atoms with Crippen molar-refractivity contribution in [1.29, 1.82) is 0 Å². The molecule has 18 heavy (non-hydrogen) atoms. The Bertz CT molecular complexity index is 536. The van der Waals surface area contributed by atoms with Gasteiger partial charge in [-0.1, -0.05) is 24.3 Å². The number of halogens is 2. The van der Waals surface area contributed by atoms with Crippen LogP contribution in [-0.4, -0.2) is 12.9 Å². The summed E-state index contributed by atoms with van der Waals surface area (Å²) in [6, 6.07) is 14.2. The number of alkyl halides is 2. The lowest BCUT2D eigenvalue weighted by Crippen LogP contribution is -2.01. The third-order valence-electron chi connectivity index (χ3n) is 2.36. The van der Waals surface area contributed by atoms with E-state index in [4.69, 9.17) is 0 Å². The smallest absolute Gasteiger partial charge is 0.387 e. The van der Waals surface area contributed by atoms with E-state index in [2.05, 4.69) is 10.8 Å². The van der Waals surface area contributed by atoms with Gasteiger partial charge in [-0.15, -0.1) is 0 Å². The lowest BCUT2D eigenvalue weighted by Gasteiger charge is -2.05. The van der Waals surface area contributed by atoms with Gasteiger partial charge < -0.3 is 4.74 Å². The summed E-state index contributed by atoms with van der Waals surface area (Å²) in [4.78, 5) is 10.7. The number of carbonyl (C=O) groups is 1. The average Bonchev–Trinajstić information content (AvgIpc) is 2.39. The summed E-state index contributed by atoms with van der Waals surface area (Å²) in [6.45, 7) is -2.86. The molecule has 2 aromatic carbocycles. The normalized spacial score (nSPS) is 10.4. The molecule has 0 saturated carbocycles. The van der Waals surface area contributed by atoms with E-state index in [1.54, 1.807) is 30.3 Å². The van der Waals surface area contributed by atoms with Crippen molar-refractivity contribution in [3.8, 4) is 16.9 Å². The minimum atomic E-state index is -2.86. The molecule has 0 aliphatic carbocycles. The van der Waals surface area contributed by atoms with Crippen molar-refractivity contribution < 1.29 is 18.3 Å². The van der Waals surface area contributed by atoms with Gasteiger partial charge in [0.1, 0.15) is 12.0 Å². The summed E-state index contributed by atoms with van der Waals surface area (Å²) in [5, 5.41) is 0. The van der Waals surface area contributed by atoms with Gasteiger partial charge in [-0.25, -0.2) is 0 Å². The molecular formula is C14H9F2O2. The van der Waals surface area contributed by atoms with Gasteiger partial charge in [0.25, 0.3) is 0 Å². The minimum Gasteiger partial charge on any atom is -0.434 e. The SMILES string of the molecule is O=Cc1cccc(-c2c[c]c(OC(F)F)cc2)c1. The summed E-state index contributed by atoms with van der Waals surface area (Å²) >= 11 is 0. The van der Waals surface area contributed by atoms with Crippen molar-refractivity contribution in [3.05, 3.63) is 54.1 Å². The zero-order valence-electron chi connectivity index (χ0n) is 9.27. The molecule has 4 heteroatoms. The Morgan fingerprint density at radius 3 is 2.61 bits per heavy atom. The lowest BCUT2D eigenvalue weighted by atomic mass is 10.0. The molecular weight excluding hydrogens is 238 g/mol. The van der Waals surface area contributed by atoms with Crippen LogP contribution in [0.25, 0.3) is 11.1 Å². The average molecular weight is 247 g/mol. The zero-order valence-corrected chi connectivity index (χ0v) is 9.27. The van der Waals surface area contributed by atoms with Gasteiger partial charge in [0.05, 0.1) is 0 Å². The van der Waals surface area contributed by atoms with Crippen molar-refractivity contribution in [3.63, 3.8) is 0 Å². The standard InChI is InChI=1S/C14H9F2O2/c15-14(16)18-13-6-4-11(5-7-13)12-3-1-2-10(8-12)9-17/h1-6,8-9,14H. The van der Waals surface area contributed by atoms with Gasteiger partial charge in [0.2, 0.25) is 0 Å². The fraction of sp³-hybridized carbons (Fsp3) is 0.0714. The highest BCUT2D eigenvalue weighted by Crippen LogP contribution is 2.23. The van der Waals surface area contributed by atoms with E-state index in [1.807, 2.05) is 6.07 Å². The number of benzene rings is 2. The molecule has 2 nitrogen and oxygen atoms in total. The van der Waals surface area contributed by atoms with Crippen molar-refractivity contribution in [2.75, 3.05) is 0 Å². The molecule has 1 radical (unpaired) electrons. The first-order chi connectivity index (χ1) is 8.69. The zero-order chi connectivity index (χ0) is 13.0. The quantitative estimate of drug-likeness (QED) is 0.772. The molecule has 0 heterocycles. The molecule has 0 bridgehead atoms. The molecule has 2 aromatic rings. The van der Waals surface area contributed by atoms with Gasteiger partial charge in [-0.05, 0) is 29.3 Å². The summed E-state index contributed by atoms with van der Waals surface area (Å²) in [7, 11) is 0. The number of hydrogen-bond acceptors (Lipinski definition) is 2. The second-order valence-electron chi connectivity index (χ2n) is 3.56. The molecule has 0 N–H and O–H groups in total. The molecule has 0 aromatic heterocycles. The Kier molecular flexibility index (Phi) is 3.67. The van der Waals surface area contributed by atoms with E-state index in [1.165, 1.54) is 6.07 Å². The van der Waals surface area contributed by atoms with E-state index in [9.17, 15) is 13.6 Å². The highest BCUT2D eigenvalue weighted by molar-refractivity contribution is 5.78. The van der Waals surface area contributed by atoms with Gasteiger partial charge in [-0.2, -0.15) is 8.78 Å². The molecule has 0 aliphatic rings. The fourth-order valence-electron chi connectivity index (χ4n) is 1.55. The maximum Gasteiger partial charge on any atom is 0.387 e. The number of rotatable bonds is 4. The molecule has 0 unspecified atom stereocenters. The van der Waals surface area contributed by atoms with Crippen LogP contribution in [0.15, 0.2) is 42.5 Å². The summed E-state index contributed by atoms with van der Waals surface area (Å²) in [5.41, 5.74) is 2.15. The van der Waals surface area contributed by atoms with E-state index in [0.29, 0.717) is 5.56 Å². The molecule has 0 aliphatic heterocycles. The van der Waals surface area contributed by atoms with Crippen LogP contribution in [0.3, 0.4) is 0 Å². The van der Waals surface area contributed by atoms with E-state index in [0.717, 1.165) is 17.4 Å². The van der Waals surface area contributed by atoms with Crippen LogP contribution >= 0.6 is 0 Å². The van der Waals surface area contributed by atoms with Crippen molar-refractivity contribution in [2.24, 2.45) is 0 Å². The van der Waals surface area contributed by atoms with Crippen molar-refractivity contribution in [2.45, 2.75) is 6.61 Å². The van der Waals surface area contributed by atoms with Crippen LogP contribution < -0.4 is 4.74 Å². The van der Waals surface area contributed by atoms with Crippen molar-refractivity contribution >= 4 is 6.29 Å². The molecule has 91 valence electrons. The van der Waals surface area contributed by atoms with Crippen LogP contribution in [0.5, 0.6) is 5.75 Å². The first-order valence-corrected chi connectivity index (χ1v) is 5.21. The van der Waals surface area contributed by atoms with Crippen LogP contribution in [0.1, 0.15) is 10.4 Å². The molecule has 0 spiro atoms. The molecule has 0 fully saturated rings. The number of ether oxygens (including phenoxy) is 1. The Morgan fingerprint density at radius 2 is 2.00 bits per heavy atom. The third kappa shape index (κ3) is 2.91. The third-order valence-corrected chi connectivity index (χ3v) is 2.36. The number of hydrogen-bond donors (Lipinski definition) is 0. The molecule has 0 saturated heterocycles. The van der Waals surface area contributed by atoms with Crippen LogP contribution in [0.2, 0.25) is 0 Å². The highest BCUT2D eigenvalue weighted by Gasteiger charge is 2.05. The van der Waals surface area contributed by atoms with Crippen LogP contribution in [0.4, 0.5) is 8.78 Å². The van der Waals surface area contributed by atoms with Gasteiger partial charge >= 0.3 is 6.61 Å². The number of carbonyl (C=O) groups excluding carboxylic acids is 1. The van der Waals surface area contributed by atoms with Crippen LogP contribution in [-0.2, 0) is 0 Å². The Balaban J connectivity index is 2.25. The predicted octanol–water partition coefficient (Wildman–Crippen LogP) is 3.57. The van der Waals surface area contributed by atoms with Gasteiger partial charge in [0.15, 0.2) is 0 Å². The maximum absolute atomic E-state index is 12.0. The van der Waals surface area contributed by atoms with E-state index < -0.39 is 6.61 Å². The largest absolute Gasteiger partial charge is 0.434 e. The maximum atomic E-state index is 12.0. The Morgan fingerprint density at radius 1 is 1.17 bits per heavy atom. The summed E-state index contributed by atoms with van der Waals surface area (Å²) in [5.74, 6) is -0.0136. The molecule has 0 amide bonds. The van der Waals surface area contributed by atoms with E-state index >= 15 is 0 Å². The second-order valence-corrected chi connectivity index (χ2v) is 3.56. The van der Waals surface area contributed by atoms with Crippen LogP contribution in [0, 0.1) is 6.07 Å². The van der Waals surface area contributed by atoms with E-state index in [-0.39, 0.29) is 5.75 Å². The summed E-state index contributed by atoms with van der Waals surface area (Å²) in [6.07, 6.45) is 0.751. The first kappa shape index (κ1) is 12.2. The number of aldehydes is 1. The monoisotopic (exact) mass is 247 g/mol. The minimum absolute atomic E-state index is 0.0136. The molecule has 2 rings (SSSR count). The Hall–Kier alpha value is -2.23. The topological polar surface area (TPSA) is 26.3 Å². The fourth-order valence-corrected chi connectivity index (χ4v) is 1.55. The Labute approximate surface area is 103 Å². The molecule has 0 atom stereocenters. The highest BCUT2D eigenvalue weighted by atomic mass is 19.3. The van der Waals surface area contributed by atoms with Crippen molar-refractivity contribution in [1.82, 2.24) is 0 Å². The first-order valence-electron chi connectivity index (χ1n) is 5.21. The predicted molar refractivity (Wildman–Crippen MR) is 62.7 cm³/mol. The lowest BCUT2D eigenvalue weighted by molar-refractivity contribution is -0.0500. The second kappa shape index (κ2) is 5.40.